The van der Waals surface area contributed by atoms with E-state index < -0.39 is 0 Å². The van der Waals surface area contributed by atoms with Crippen LogP contribution in [0.2, 0.25) is 0 Å². The molecule has 2 atom stereocenters. The fraction of sp³-hybridized carbons (Fsp3) is 0.500. The number of hydrogen-bond donors (Lipinski definition) is 2. The Balaban J connectivity index is 1.84. The second kappa shape index (κ2) is 9.04. The van der Waals surface area contributed by atoms with Crippen LogP contribution in [-0.2, 0) is 13.0 Å². The van der Waals surface area contributed by atoms with Gasteiger partial charge in [-0.3, -0.25) is 9.59 Å². The lowest BCUT2D eigenvalue weighted by Gasteiger charge is -2.30. The first-order chi connectivity index (χ1) is 14.3. The summed E-state index contributed by atoms with van der Waals surface area (Å²) in [4.78, 5) is 29.6. The molecule has 2 aromatic rings. The Morgan fingerprint density at radius 2 is 1.70 bits per heavy atom. The number of carbonyl (C=O) groups excluding carboxylic acids is 2. The van der Waals surface area contributed by atoms with E-state index in [0.29, 0.717) is 24.5 Å². The molecule has 0 spiro atoms. The predicted molar refractivity (Wildman–Crippen MR) is 116 cm³/mol. The summed E-state index contributed by atoms with van der Waals surface area (Å²) in [5, 5.41) is 0. The van der Waals surface area contributed by atoms with Crippen molar-refractivity contribution in [2.45, 2.75) is 60.5 Å². The van der Waals surface area contributed by atoms with Gasteiger partial charge in [0.2, 0.25) is 5.78 Å². The first-order valence-electron chi connectivity index (χ1n) is 10.8. The highest BCUT2D eigenvalue weighted by atomic mass is 16.5. The normalized spacial score (nSPS) is 16.7. The molecule has 1 aromatic heterocycles. The van der Waals surface area contributed by atoms with E-state index in [4.69, 9.17) is 9.47 Å². The summed E-state index contributed by atoms with van der Waals surface area (Å²) in [5.41, 5.74) is 5.18. The van der Waals surface area contributed by atoms with Crippen molar-refractivity contribution in [3.05, 3.63) is 45.8 Å². The molecule has 0 amide bonds. The lowest BCUT2D eigenvalue weighted by molar-refractivity contribution is -0.929. The molecular weight excluding hydrogens is 380 g/mol. The molecule has 6 nitrogen and oxygen atoms in total. The maximum Gasteiger partial charge on any atom is 0.235 e. The van der Waals surface area contributed by atoms with Gasteiger partial charge in [0, 0.05) is 23.2 Å². The van der Waals surface area contributed by atoms with Crippen LogP contribution < -0.4 is 14.4 Å². The lowest BCUT2D eigenvalue weighted by atomic mass is 9.96. The fourth-order valence-corrected chi connectivity index (χ4v) is 4.50. The number of ether oxygens (including phenoxy) is 2. The molecule has 0 aliphatic carbocycles. The van der Waals surface area contributed by atoms with Crippen LogP contribution >= 0.6 is 0 Å². The van der Waals surface area contributed by atoms with Crippen molar-refractivity contribution in [2.24, 2.45) is 0 Å². The third-order valence-electron chi connectivity index (χ3n) is 6.04. The Labute approximate surface area is 178 Å². The predicted octanol–water partition coefficient (Wildman–Crippen LogP) is 2.84. The Hall–Kier alpha value is -2.60. The number of ketones is 2. The van der Waals surface area contributed by atoms with E-state index in [9.17, 15) is 9.59 Å². The Morgan fingerprint density at radius 1 is 1.10 bits per heavy atom. The molecule has 162 valence electrons. The van der Waals surface area contributed by atoms with Crippen LogP contribution in [0.3, 0.4) is 0 Å². The molecule has 0 fully saturated rings. The van der Waals surface area contributed by atoms with Crippen LogP contribution in [0.4, 0.5) is 0 Å². The molecule has 6 heteroatoms. The van der Waals surface area contributed by atoms with Crippen LogP contribution in [-0.4, -0.2) is 42.4 Å². The van der Waals surface area contributed by atoms with Gasteiger partial charge in [-0.15, -0.1) is 0 Å². The van der Waals surface area contributed by atoms with E-state index in [-0.39, 0.29) is 17.6 Å². The minimum Gasteiger partial charge on any atom is -0.490 e. The topological polar surface area (TPSA) is 72.8 Å². The van der Waals surface area contributed by atoms with E-state index in [1.165, 1.54) is 16.0 Å². The molecule has 2 N–H and O–H groups in total. The van der Waals surface area contributed by atoms with Crippen LogP contribution in [0.25, 0.3) is 0 Å². The van der Waals surface area contributed by atoms with E-state index in [1.54, 1.807) is 6.92 Å². The molecule has 0 saturated heterocycles. The smallest absolute Gasteiger partial charge is 0.235 e. The number of rotatable bonds is 8. The summed E-state index contributed by atoms with van der Waals surface area (Å²) >= 11 is 0. The van der Waals surface area contributed by atoms with E-state index in [1.807, 2.05) is 34.6 Å². The van der Waals surface area contributed by atoms with E-state index in [2.05, 4.69) is 17.1 Å². The van der Waals surface area contributed by atoms with Crippen molar-refractivity contribution in [1.29, 1.82) is 0 Å². The standard InChI is InChI=1S/C24H32N2O4/c1-7-29-20-11-18-9-10-26(13-19(18)12-21(20)30-8-2)16(5)24(28)23-14(3)22(17(6)27)15(4)25-23/h11-12,16,25H,7-10,13H2,1-6H3/p+1/t16-/m1/s1. The van der Waals surface area contributed by atoms with Gasteiger partial charge in [-0.1, -0.05) is 0 Å². The van der Waals surface area contributed by atoms with Crippen LogP contribution in [0.1, 0.15) is 70.9 Å². The molecule has 30 heavy (non-hydrogen) atoms. The quantitative estimate of drug-likeness (QED) is 0.653. The zero-order valence-electron chi connectivity index (χ0n) is 18.9. The summed E-state index contributed by atoms with van der Waals surface area (Å²) < 4.78 is 11.5. The number of aromatic amines is 1. The van der Waals surface area contributed by atoms with Gasteiger partial charge in [-0.25, -0.2) is 0 Å². The Kier molecular flexibility index (Phi) is 6.66. The Morgan fingerprint density at radius 3 is 2.23 bits per heavy atom. The van der Waals surface area contributed by atoms with Crippen molar-refractivity contribution in [2.75, 3.05) is 19.8 Å². The lowest BCUT2D eigenvalue weighted by Crippen LogP contribution is -3.16. The average Bonchev–Trinajstić information content (AvgIpc) is 3.01. The highest BCUT2D eigenvalue weighted by molar-refractivity contribution is 6.04. The number of nitrogens with one attached hydrogen (secondary N) is 2. The minimum atomic E-state index is -0.211. The summed E-state index contributed by atoms with van der Waals surface area (Å²) in [5.74, 6) is 1.60. The molecule has 1 aliphatic heterocycles. The van der Waals surface area contributed by atoms with Crippen LogP contribution in [0.15, 0.2) is 12.1 Å². The SMILES string of the molecule is CCOc1cc2c(cc1OCC)C[NH+]([C@H](C)C(=O)c1[nH]c(C)c(C(C)=O)c1C)CC2. The van der Waals surface area contributed by atoms with Gasteiger partial charge in [0.05, 0.1) is 25.5 Å². The second-order valence-corrected chi connectivity index (χ2v) is 8.04. The summed E-state index contributed by atoms with van der Waals surface area (Å²) in [6.07, 6.45) is 0.885. The van der Waals surface area contributed by atoms with Gasteiger partial charge in [-0.2, -0.15) is 0 Å². The first-order valence-corrected chi connectivity index (χ1v) is 10.8. The van der Waals surface area contributed by atoms with Crippen molar-refractivity contribution < 1.29 is 24.0 Å². The molecule has 3 rings (SSSR count). The molecule has 0 bridgehead atoms. The zero-order chi connectivity index (χ0) is 22.0. The molecule has 2 heterocycles. The summed E-state index contributed by atoms with van der Waals surface area (Å²) in [6, 6.07) is 3.94. The molecule has 1 aromatic carbocycles. The van der Waals surface area contributed by atoms with Crippen LogP contribution in [0.5, 0.6) is 11.5 Å². The zero-order valence-corrected chi connectivity index (χ0v) is 18.9. The van der Waals surface area contributed by atoms with Crippen molar-refractivity contribution in [3.63, 3.8) is 0 Å². The second-order valence-electron chi connectivity index (χ2n) is 8.04. The van der Waals surface area contributed by atoms with Crippen LogP contribution in [0, 0.1) is 13.8 Å². The molecule has 1 unspecified atom stereocenters. The number of aryl methyl sites for hydroxylation is 1. The maximum atomic E-state index is 13.3. The van der Waals surface area contributed by atoms with Gasteiger partial charge >= 0.3 is 0 Å². The van der Waals surface area contributed by atoms with Gasteiger partial charge in [-0.05, 0) is 64.8 Å². The number of H-pyrrole nitrogens is 1. The minimum absolute atomic E-state index is 0.0132. The number of carbonyl (C=O) groups is 2. The number of Topliss-reactive ketones (excluding diaryl/α,β-unsaturated/α-hetero) is 2. The van der Waals surface area contributed by atoms with Gasteiger partial charge < -0.3 is 19.4 Å². The number of benzene rings is 1. The maximum absolute atomic E-state index is 13.3. The number of hydrogen-bond acceptors (Lipinski definition) is 4. The van der Waals surface area contributed by atoms with Crippen molar-refractivity contribution >= 4 is 11.6 Å². The first kappa shape index (κ1) is 22.1. The fourth-order valence-electron chi connectivity index (χ4n) is 4.50. The summed E-state index contributed by atoms with van der Waals surface area (Å²) in [6.45, 7) is 14.0. The number of aromatic nitrogens is 1. The Bertz CT molecular complexity index is 961. The van der Waals surface area contributed by atoms with E-state index >= 15 is 0 Å². The molecule has 0 radical (unpaired) electrons. The monoisotopic (exact) mass is 413 g/mol. The summed E-state index contributed by atoms with van der Waals surface area (Å²) in [7, 11) is 0. The molecule has 1 aliphatic rings. The highest BCUT2D eigenvalue weighted by Gasteiger charge is 2.33. The molecule has 0 saturated carbocycles. The van der Waals surface area contributed by atoms with Gasteiger partial charge in [0.1, 0.15) is 6.54 Å². The number of fused-ring (bicyclic) bond motifs is 1. The van der Waals surface area contributed by atoms with Crippen molar-refractivity contribution in [3.8, 4) is 11.5 Å². The average molecular weight is 414 g/mol. The van der Waals surface area contributed by atoms with E-state index in [0.717, 1.165) is 42.3 Å². The van der Waals surface area contributed by atoms with Gasteiger partial charge in [0.25, 0.3) is 0 Å². The van der Waals surface area contributed by atoms with Gasteiger partial charge in [0.15, 0.2) is 23.3 Å². The largest absolute Gasteiger partial charge is 0.490 e. The molecular formula is C24H33N2O4+. The third kappa shape index (κ3) is 4.15. The third-order valence-corrected chi connectivity index (χ3v) is 6.04. The highest BCUT2D eigenvalue weighted by Crippen LogP contribution is 2.32. The number of quaternary nitrogens is 1. The van der Waals surface area contributed by atoms with Crippen molar-refractivity contribution in [1.82, 2.24) is 4.98 Å².